The average Bonchev–Trinajstić information content (AvgIpc) is 3.14. The highest BCUT2D eigenvalue weighted by molar-refractivity contribution is 9.10. The number of amides is 1. The molecular weight excluding hydrogens is 410 g/mol. The monoisotopic (exact) mass is 427 g/mol. The number of nitrogens with one attached hydrogen (secondary N) is 2. The van der Waals surface area contributed by atoms with Crippen LogP contribution in [0.2, 0.25) is 0 Å². The average molecular weight is 428 g/mol. The number of rotatable bonds is 5. The van der Waals surface area contributed by atoms with Crippen LogP contribution in [0.4, 0.5) is 5.82 Å². The van der Waals surface area contributed by atoms with Crippen molar-refractivity contribution < 1.29 is 14.3 Å². The Kier molecular flexibility index (Phi) is 4.85. The van der Waals surface area contributed by atoms with Gasteiger partial charge in [0.25, 0.3) is 0 Å². The minimum atomic E-state index is -0.0690. The molecule has 0 aliphatic carbocycles. The van der Waals surface area contributed by atoms with Crippen LogP contribution in [0.25, 0.3) is 0 Å². The van der Waals surface area contributed by atoms with Gasteiger partial charge in [0, 0.05) is 22.4 Å². The van der Waals surface area contributed by atoms with E-state index in [9.17, 15) is 4.79 Å². The van der Waals surface area contributed by atoms with Crippen LogP contribution in [-0.4, -0.2) is 23.2 Å². The fraction of sp³-hybridized carbons (Fsp3) is 0.200. The van der Waals surface area contributed by atoms with Gasteiger partial charge in [0.05, 0.1) is 13.3 Å². The summed E-state index contributed by atoms with van der Waals surface area (Å²) in [4.78, 5) is 12.0. The van der Waals surface area contributed by atoms with Crippen molar-refractivity contribution in [2.24, 2.45) is 0 Å². The number of anilines is 1. The number of H-pyrrole nitrogens is 1. The van der Waals surface area contributed by atoms with Gasteiger partial charge < -0.3 is 14.8 Å². The van der Waals surface area contributed by atoms with E-state index < -0.39 is 0 Å². The lowest BCUT2D eigenvalue weighted by molar-refractivity contribution is -0.116. The lowest BCUT2D eigenvalue weighted by atomic mass is 9.87. The first-order valence-corrected chi connectivity index (χ1v) is 9.31. The summed E-state index contributed by atoms with van der Waals surface area (Å²) in [5.74, 6) is 1.85. The molecular formula is C20H18BrN3O3. The van der Waals surface area contributed by atoms with E-state index in [2.05, 4.69) is 31.4 Å². The van der Waals surface area contributed by atoms with Crippen LogP contribution >= 0.6 is 15.9 Å². The van der Waals surface area contributed by atoms with E-state index >= 15 is 0 Å². The first kappa shape index (κ1) is 17.6. The zero-order chi connectivity index (χ0) is 18.8. The Morgan fingerprint density at radius 2 is 2.11 bits per heavy atom. The zero-order valence-electron chi connectivity index (χ0n) is 14.7. The van der Waals surface area contributed by atoms with Gasteiger partial charge in [-0.3, -0.25) is 9.89 Å². The van der Waals surface area contributed by atoms with Gasteiger partial charge >= 0.3 is 0 Å². The Labute approximate surface area is 165 Å². The summed E-state index contributed by atoms with van der Waals surface area (Å²) < 4.78 is 12.5. The normalized spacial score (nSPS) is 15.8. The molecule has 0 bridgehead atoms. The summed E-state index contributed by atoms with van der Waals surface area (Å²) in [6, 6.07) is 13.8. The summed E-state index contributed by atoms with van der Waals surface area (Å²) in [6.07, 6.45) is 2.12. The Morgan fingerprint density at radius 3 is 2.93 bits per heavy atom. The molecule has 1 aliphatic rings. The van der Waals surface area contributed by atoms with Gasteiger partial charge in [0.2, 0.25) is 5.91 Å². The minimum absolute atomic E-state index is 0.0364. The number of methoxy groups -OCH3 is 1. The highest BCUT2D eigenvalue weighted by Gasteiger charge is 2.28. The molecule has 138 valence electrons. The molecule has 3 aromatic rings. The third-order valence-corrected chi connectivity index (χ3v) is 5.06. The van der Waals surface area contributed by atoms with Crippen molar-refractivity contribution in [1.29, 1.82) is 0 Å². The molecule has 1 amide bonds. The third kappa shape index (κ3) is 3.68. The number of aromatic nitrogens is 2. The predicted octanol–water partition coefficient (Wildman–Crippen LogP) is 4.23. The Morgan fingerprint density at radius 1 is 1.22 bits per heavy atom. The van der Waals surface area contributed by atoms with Gasteiger partial charge in [-0.1, -0.05) is 34.1 Å². The molecule has 0 fully saturated rings. The van der Waals surface area contributed by atoms with Crippen molar-refractivity contribution in [2.45, 2.75) is 18.9 Å². The molecule has 0 saturated heterocycles. The maximum Gasteiger partial charge on any atom is 0.226 e. The van der Waals surface area contributed by atoms with Crippen LogP contribution in [0.5, 0.6) is 11.5 Å². The number of nitrogens with zero attached hydrogens (tertiary/aromatic N) is 1. The van der Waals surface area contributed by atoms with Crippen molar-refractivity contribution in [3.63, 3.8) is 0 Å². The van der Waals surface area contributed by atoms with E-state index in [1.807, 2.05) is 42.5 Å². The summed E-state index contributed by atoms with van der Waals surface area (Å²) in [6.45, 7) is 0.437. The fourth-order valence-corrected chi connectivity index (χ4v) is 3.70. The maximum atomic E-state index is 12.0. The lowest BCUT2D eigenvalue weighted by Gasteiger charge is -2.23. The maximum absolute atomic E-state index is 12.0. The predicted molar refractivity (Wildman–Crippen MR) is 105 cm³/mol. The van der Waals surface area contributed by atoms with Crippen LogP contribution in [0.1, 0.15) is 29.0 Å². The third-order valence-electron chi connectivity index (χ3n) is 4.57. The molecule has 1 aromatic heterocycles. The van der Waals surface area contributed by atoms with Crippen LogP contribution in [0, 0.1) is 0 Å². The van der Waals surface area contributed by atoms with Gasteiger partial charge in [0.1, 0.15) is 12.4 Å². The molecule has 1 atom stereocenters. The molecule has 27 heavy (non-hydrogen) atoms. The van der Waals surface area contributed by atoms with Crippen LogP contribution < -0.4 is 14.8 Å². The summed E-state index contributed by atoms with van der Waals surface area (Å²) >= 11 is 3.46. The number of carbonyl (C=O) groups is 1. The van der Waals surface area contributed by atoms with Crippen LogP contribution in [-0.2, 0) is 11.4 Å². The molecule has 1 aliphatic heterocycles. The standard InChI is InChI=1S/C20H18BrN3O3/c1-26-18-8-13(15-9-19(25)23-20-16(15)10-22-24-20)5-6-17(18)27-11-12-3-2-4-14(21)7-12/h2-8,10,15H,9,11H2,1H3,(H2,22,23,24,25). The molecule has 0 radical (unpaired) electrons. The second-order valence-corrected chi connectivity index (χ2v) is 7.25. The smallest absolute Gasteiger partial charge is 0.226 e. The summed E-state index contributed by atoms with van der Waals surface area (Å²) in [7, 11) is 1.61. The van der Waals surface area contributed by atoms with Gasteiger partial charge in [-0.05, 0) is 35.4 Å². The zero-order valence-corrected chi connectivity index (χ0v) is 16.2. The Hall–Kier alpha value is -2.80. The van der Waals surface area contributed by atoms with Gasteiger partial charge in [-0.25, -0.2) is 0 Å². The van der Waals surface area contributed by atoms with Crippen LogP contribution in [0.3, 0.4) is 0 Å². The van der Waals surface area contributed by atoms with Crippen molar-refractivity contribution in [3.8, 4) is 11.5 Å². The van der Waals surface area contributed by atoms with E-state index in [0.717, 1.165) is 21.2 Å². The van der Waals surface area contributed by atoms with Crippen molar-refractivity contribution >= 4 is 27.7 Å². The van der Waals surface area contributed by atoms with Crippen molar-refractivity contribution in [2.75, 3.05) is 12.4 Å². The highest BCUT2D eigenvalue weighted by atomic mass is 79.9. The lowest BCUT2D eigenvalue weighted by Crippen LogP contribution is -2.23. The molecule has 2 heterocycles. The van der Waals surface area contributed by atoms with Crippen molar-refractivity contribution in [3.05, 3.63) is 69.8 Å². The number of carbonyl (C=O) groups excluding carboxylic acids is 1. The number of halogens is 1. The van der Waals surface area contributed by atoms with Crippen LogP contribution in [0.15, 0.2) is 53.1 Å². The topological polar surface area (TPSA) is 76.2 Å². The minimum Gasteiger partial charge on any atom is -0.493 e. The second-order valence-electron chi connectivity index (χ2n) is 6.33. The van der Waals surface area contributed by atoms with Crippen molar-refractivity contribution in [1.82, 2.24) is 10.2 Å². The second kappa shape index (κ2) is 7.44. The molecule has 0 spiro atoms. The van der Waals surface area contributed by atoms with Gasteiger partial charge in [0.15, 0.2) is 11.5 Å². The van der Waals surface area contributed by atoms with E-state index in [0.29, 0.717) is 30.3 Å². The summed E-state index contributed by atoms with van der Waals surface area (Å²) in [5, 5.41) is 9.68. The fourth-order valence-electron chi connectivity index (χ4n) is 3.25. The van der Waals surface area contributed by atoms with Gasteiger partial charge in [-0.15, -0.1) is 0 Å². The van der Waals surface area contributed by atoms with E-state index in [4.69, 9.17) is 9.47 Å². The Balaban J connectivity index is 1.58. The largest absolute Gasteiger partial charge is 0.493 e. The van der Waals surface area contributed by atoms with E-state index in [1.165, 1.54) is 0 Å². The van der Waals surface area contributed by atoms with E-state index in [-0.39, 0.29) is 11.8 Å². The Bertz CT molecular complexity index is 986. The quantitative estimate of drug-likeness (QED) is 0.638. The molecule has 4 rings (SSSR count). The van der Waals surface area contributed by atoms with Gasteiger partial charge in [-0.2, -0.15) is 5.10 Å². The highest BCUT2D eigenvalue weighted by Crippen LogP contribution is 2.39. The number of hydrogen-bond acceptors (Lipinski definition) is 4. The first-order valence-electron chi connectivity index (χ1n) is 8.52. The molecule has 6 nitrogen and oxygen atoms in total. The molecule has 0 saturated carbocycles. The SMILES string of the molecule is COc1cc(C2CC(=O)Nc3[nH]ncc32)ccc1OCc1cccc(Br)c1. The molecule has 2 aromatic carbocycles. The molecule has 2 N–H and O–H groups in total. The number of fused-ring (bicyclic) bond motifs is 1. The number of ether oxygens (including phenoxy) is 2. The van der Waals surface area contributed by atoms with E-state index in [1.54, 1.807) is 13.3 Å². The molecule has 1 unspecified atom stereocenters. The molecule has 7 heteroatoms. The number of hydrogen-bond donors (Lipinski definition) is 2. The summed E-state index contributed by atoms with van der Waals surface area (Å²) in [5.41, 5.74) is 3.01. The first-order chi connectivity index (χ1) is 13.1. The number of benzene rings is 2. The number of aromatic amines is 1.